The fourth-order valence-corrected chi connectivity index (χ4v) is 3.55. The molecule has 23 heavy (non-hydrogen) atoms. The van der Waals surface area contributed by atoms with E-state index >= 15 is 0 Å². The van der Waals surface area contributed by atoms with E-state index in [1.54, 1.807) is 24.3 Å². The summed E-state index contributed by atoms with van der Waals surface area (Å²) < 4.78 is 28.7. The highest BCUT2D eigenvalue weighted by molar-refractivity contribution is 7.90. The Morgan fingerprint density at radius 3 is 2.30 bits per heavy atom. The highest BCUT2D eigenvalue weighted by Gasteiger charge is 2.25. The second-order valence-electron chi connectivity index (χ2n) is 5.59. The Bertz CT molecular complexity index is 828. The molecule has 1 fully saturated rings. The zero-order valence-corrected chi connectivity index (χ0v) is 14.3. The highest BCUT2D eigenvalue weighted by Crippen LogP contribution is 2.21. The summed E-state index contributed by atoms with van der Waals surface area (Å²) in [6, 6.07) is 14.3. The first kappa shape index (κ1) is 16.0. The lowest BCUT2D eigenvalue weighted by Crippen LogP contribution is -2.43. The van der Waals surface area contributed by atoms with Crippen LogP contribution >= 0.6 is 11.6 Å². The van der Waals surface area contributed by atoms with Crippen molar-refractivity contribution in [1.29, 1.82) is 0 Å². The van der Waals surface area contributed by atoms with E-state index in [1.807, 2.05) is 36.1 Å². The fraction of sp³-hybridized carbons (Fsp3) is 0.235. The molecule has 0 spiro atoms. The molecule has 0 atom stereocenters. The van der Waals surface area contributed by atoms with Crippen molar-refractivity contribution in [1.82, 2.24) is 4.90 Å². The van der Waals surface area contributed by atoms with Gasteiger partial charge < -0.3 is 4.90 Å². The average molecular weight is 349 g/mol. The number of rotatable bonds is 4. The van der Waals surface area contributed by atoms with Crippen molar-refractivity contribution in [3.63, 3.8) is 0 Å². The molecule has 0 bridgehead atoms. The Labute approximate surface area is 141 Å². The molecule has 0 unspecified atom stereocenters. The van der Waals surface area contributed by atoms with Crippen molar-refractivity contribution in [3.05, 3.63) is 64.7 Å². The van der Waals surface area contributed by atoms with E-state index in [4.69, 9.17) is 11.6 Å². The molecule has 0 aromatic heterocycles. The number of aryl methyl sites for hydroxylation is 1. The summed E-state index contributed by atoms with van der Waals surface area (Å²) in [5.41, 5.74) is 2.10. The first-order valence-electron chi connectivity index (χ1n) is 7.34. The Hall–Kier alpha value is -1.85. The van der Waals surface area contributed by atoms with Gasteiger partial charge >= 0.3 is 0 Å². The molecule has 1 aliphatic heterocycles. The third-order valence-corrected chi connectivity index (χ3v) is 5.37. The summed E-state index contributed by atoms with van der Waals surface area (Å²) in [6.45, 7) is 3.37. The minimum atomic E-state index is -3.64. The molecule has 2 aromatic rings. The first-order chi connectivity index (χ1) is 10.9. The Morgan fingerprint density at radius 1 is 1.09 bits per heavy atom. The summed E-state index contributed by atoms with van der Waals surface area (Å²) in [6.07, 6.45) is 0.679. The van der Waals surface area contributed by atoms with Gasteiger partial charge in [0.05, 0.1) is 4.90 Å². The molecule has 1 saturated heterocycles. The minimum Gasteiger partial charge on any atom is -0.355 e. The van der Waals surface area contributed by atoms with Crippen molar-refractivity contribution < 1.29 is 8.42 Å². The maximum Gasteiger partial charge on any atom is 0.283 e. The first-order valence-corrected chi connectivity index (χ1v) is 9.16. The van der Waals surface area contributed by atoms with Gasteiger partial charge in [0.15, 0.2) is 0 Å². The molecule has 3 rings (SSSR count). The molecule has 120 valence electrons. The Morgan fingerprint density at radius 2 is 1.74 bits per heavy atom. The number of hydrogen-bond acceptors (Lipinski definition) is 2. The quantitative estimate of drug-likeness (QED) is 0.847. The van der Waals surface area contributed by atoms with E-state index in [0.29, 0.717) is 23.8 Å². The molecule has 0 radical (unpaired) electrons. The number of nitrogens with zero attached hydrogens (tertiary/aromatic N) is 2. The molecule has 0 aliphatic carbocycles. The molecule has 0 saturated carbocycles. The lowest BCUT2D eigenvalue weighted by molar-refractivity contribution is 0.352. The van der Waals surface area contributed by atoms with Crippen LogP contribution in [0.4, 0.5) is 0 Å². The molecule has 0 amide bonds. The monoisotopic (exact) mass is 348 g/mol. The van der Waals surface area contributed by atoms with Crippen LogP contribution in [0.15, 0.2) is 57.8 Å². The Kier molecular flexibility index (Phi) is 4.41. The van der Waals surface area contributed by atoms with E-state index in [9.17, 15) is 8.42 Å². The number of hydrogen-bond donors (Lipinski definition) is 0. The summed E-state index contributed by atoms with van der Waals surface area (Å²) in [4.78, 5) is 2.20. The molecular weight excluding hydrogens is 332 g/mol. The van der Waals surface area contributed by atoms with Crippen LogP contribution in [-0.2, 0) is 16.6 Å². The SMILES string of the molecule is Cc1ccc(S(=O)(=O)/N=C2\CCN2Cc2ccc(Cl)cc2)cc1. The number of sulfonamides is 1. The molecule has 2 aromatic carbocycles. The molecule has 1 heterocycles. The summed E-state index contributed by atoms with van der Waals surface area (Å²) >= 11 is 5.87. The third kappa shape index (κ3) is 3.74. The normalized spacial score (nSPS) is 16.4. The van der Waals surface area contributed by atoms with Gasteiger partial charge in [-0.15, -0.1) is 4.40 Å². The van der Waals surface area contributed by atoms with Crippen LogP contribution in [0.25, 0.3) is 0 Å². The standard InChI is InChI=1S/C17H17ClN2O2S/c1-13-2-8-16(9-3-13)23(21,22)19-17-10-11-20(17)12-14-4-6-15(18)7-5-14/h2-9H,10-12H2,1H3/b19-17+. The lowest BCUT2D eigenvalue weighted by Gasteiger charge is -2.34. The van der Waals surface area contributed by atoms with Crippen LogP contribution in [0.5, 0.6) is 0 Å². The van der Waals surface area contributed by atoms with Gasteiger partial charge in [-0.2, -0.15) is 8.42 Å². The van der Waals surface area contributed by atoms with Crippen molar-refractivity contribution in [2.75, 3.05) is 6.54 Å². The van der Waals surface area contributed by atoms with Gasteiger partial charge in [-0.25, -0.2) is 0 Å². The molecule has 4 nitrogen and oxygen atoms in total. The second-order valence-corrected chi connectivity index (χ2v) is 7.63. The van der Waals surface area contributed by atoms with E-state index < -0.39 is 10.0 Å². The van der Waals surface area contributed by atoms with Crippen LogP contribution in [-0.4, -0.2) is 25.7 Å². The smallest absolute Gasteiger partial charge is 0.283 e. The van der Waals surface area contributed by atoms with E-state index in [2.05, 4.69) is 4.40 Å². The number of amidine groups is 1. The maximum absolute atomic E-state index is 12.4. The van der Waals surface area contributed by atoms with Crippen molar-refractivity contribution >= 4 is 27.5 Å². The predicted molar refractivity (Wildman–Crippen MR) is 92.3 cm³/mol. The minimum absolute atomic E-state index is 0.231. The average Bonchev–Trinajstić information content (AvgIpc) is 2.51. The summed E-state index contributed by atoms with van der Waals surface area (Å²) in [7, 11) is -3.64. The van der Waals surface area contributed by atoms with E-state index in [1.165, 1.54) is 0 Å². The van der Waals surface area contributed by atoms with Crippen LogP contribution in [0.1, 0.15) is 17.5 Å². The topological polar surface area (TPSA) is 49.7 Å². The van der Waals surface area contributed by atoms with Gasteiger partial charge in [0.1, 0.15) is 5.84 Å². The van der Waals surface area contributed by atoms with Crippen LogP contribution in [0.2, 0.25) is 5.02 Å². The summed E-state index contributed by atoms with van der Waals surface area (Å²) in [5, 5.41) is 0.688. The fourth-order valence-electron chi connectivity index (χ4n) is 2.36. The molecular formula is C17H17ClN2O2S. The maximum atomic E-state index is 12.4. The van der Waals surface area contributed by atoms with Gasteiger partial charge in [0.25, 0.3) is 10.0 Å². The number of likely N-dealkylation sites (tertiary alicyclic amines) is 1. The zero-order valence-electron chi connectivity index (χ0n) is 12.7. The Balaban J connectivity index is 1.76. The largest absolute Gasteiger partial charge is 0.355 e. The zero-order chi connectivity index (χ0) is 16.4. The predicted octanol–water partition coefficient (Wildman–Crippen LogP) is 3.64. The van der Waals surface area contributed by atoms with Crippen molar-refractivity contribution in [3.8, 4) is 0 Å². The lowest BCUT2D eigenvalue weighted by atomic mass is 10.1. The molecule has 1 aliphatic rings. The molecule has 6 heteroatoms. The van der Waals surface area contributed by atoms with E-state index in [0.717, 1.165) is 17.7 Å². The van der Waals surface area contributed by atoms with Gasteiger partial charge in [-0.05, 0) is 36.8 Å². The number of halogens is 1. The third-order valence-electron chi connectivity index (χ3n) is 3.80. The second kappa shape index (κ2) is 6.34. The van der Waals surface area contributed by atoms with Crippen LogP contribution in [0, 0.1) is 6.92 Å². The van der Waals surface area contributed by atoms with Crippen molar-refractivity contribution in [2.45, 2.75) is 24.8 Å². The highest BCUT2D eigenvalue weighted by atomic mass is 35.5. The molecule has 0 N–H and O–H groups in total. The summed E-state index contributed by atoms with van der Waals surface area (Å²) in [5.74, 6) is 0.612. The van der Waals surface area contributed by atoms with Gasteiger partial charge in [-0.1, -0.05) is 41.4 Å². The van der Waals surface area contributed by atoms with Crippen LogP contribution < -0.4 is 0 Å². The number of benzene rings is 2. The van der Waals surface area contributed by atoms with Crippen molar-refractivity contribution in [2.24, 2.45) is 4.40 Å². The van der Waals surface area contributed by atoms with E-state index in [-0.39, 0.29) is 4.90 Å². The van der Waals surface area contributed by atoms with Gasteiger partial charge in [0, 0.05) is 24.5 Å². The van der Waals surface area contributed by atoms with Gasteiger partial charge in [0.2, 0.25) is 0 Å². The van der Waals surface area contributed by atoms with Gasteiger partial charge in [-0.3, -0.25) is 0 Å². The van der Waals surface area contributed by atoms with Crippen LogP contribution in [0.3, 0.4) is 0 Å².